The van der Waals surface area contributed by atoms with E-state index in [2.05, 4.69) is 5.32 Å². The summed E-state index contributed by atoms with van der Waals surface area (Å²) in [6.07, 6.45) is -4.63. The molecule has 26 heavy (non-hydrogen) atoms. The van der Waals surface area contributed by atoms with Crippen molar-refractivity contribution >= 4 is 34.0 Å². The molecule has 0 bridgehead atoms. The zero-order chi connectivity index (χ0) is 18.7. The summed E-state index contributed by atoms with van der Waals surface area (Å²) >= 11 is 5.61. The maximum absolute atomic E-state index is 13.0. The first kappa shape index (κ1) is 18.1. The number of carbonyl (C=O) groups is 1. The average Bonchev–Trinajstić information content (AvgIpc) is 2.60. The van der Waals surface area contributed by atoms with E-state index in [0.29, 0.717) is 5.75 Å². The van der Waals surface area contributed by atoms with E-state index in [0.717, 1.165) is 22.9 Å². The van der Waals surface area contributed by atoms with E-state index in [1.54, 1.807) is 12.1 Å². The summed E-state index contributed by atoms with van der Waals surface area (Å²) in [6, 6.07) is 16.0. The van der Waals surface area contributed by atoms with Crippen LogP contribution >= 0.6 is 11.6 Å². The minimum Gasteiger partial charge on any atom is -0.484 e. The van der Waals surface area contributed by atoms with Gasteiger partial charge in [-0.25, -0.2) is 0 Å². The fourth-order valence-electron chi connectivity index (χ4n) is 2.45. The van der Waals surface area contributed by atoms with Gasteiger partial charge in [0.15, 0.2) is 6.61 Å². The molecule has 3 rings (SSSR count). The second kappa shape index (κ2) is 7.25. The normalized spacial score (nSPS) is 11.4. The van der Waals surface area contributed by atoms with Crippen molar-refractivity contribution in [3.05, 3.63) is 71.2 Å². The molecule has 0 saturated heterocycles. The Hall–Kier alpha value is -2.73. The Bertz CT molecular complexity index is 957. The third-order valence-electron chi connectivity index (χ3n) is 3.65. The van der Waals surface area contributed by atoms with E-state index in [-0.39, 0.29) is 10.7 Å². The number of benzene rings is 3. The molecule has 0 saturated carbocycles. The zero-order valence-corrected chi connectivity index (χ0v) is 14.1. The van der Waals surface area contributed by atoms with Gasteiger partial charge in [0.25, 0.3) is 5.91 Å². The summed E-state index contributed by atoms with van der Waals surface area (Å²) in [7, 11) is 0. The molecule has 0 aliphatic rings. The fourth-order valence-corrected chi connectivity index (χ4v) is 2.62. The Kier molecular flexibility index (Phi) is 5.04. The lowest BCUT2D eigenvalue weighted by Gasteiger charge is -2.14. The smallest absolute Gasteiger partial charge is 0.418 e. The quantitative estimate of drug-likeness (QED) is 0.647. The van der Waals surface area contributed by atoms with E-state index < -0.39 is 24.3 Å². The van der Waals surface area contributed by atoms with Gasteiger partial charge >= 0.3 is 6.18 Å². The minimum absolute atomic E-state index is 0.0669. The van der Waals surface area contributed by atoms with Gasteiger partial charge in [-0.1, -0.05) is 41.9 Å². The van der Waals surface area contributed by atoms with E-state index in [1.807, 2.05) is 30.3 Å². The van der Waals surface area contributed by atoms with Crippen LogP contribution in [-0.2, 0) is 11.0 Å². The van der Waals surface area contributed by atoms with Gasteiger partial charge in [-0.15, -0.1) is 0 Å². The number of rotatable bonds is 4. The van der Waals surface area contributed by atoms with Crippen molar-refractivity contribution in [1.29, 1.82) is 0 Å². The number of halogens is 4. The number of alkyl halides is 3. The molecule has 0 spiro atoms. The second-order valence-corrected chi connectivity index (χ2v) is 5.97. The van der Waals surface area contributed by atoms with E-state index in [1.165, 1.54) is 6.07 Å². The summed E-state index contributed by atoms with van der Waals surface area (Å²) in [5.74, 6) is -0.253. The van der Waals surface area contributed by atoms with Crippen LogP contribution in [0.15, 0.2) is 60.7 Å². The molecular weight excluding hydrogens is 367 g/mol. The molecule has 0 fully saturated rings. The number of fused-ring (bicyclic) bond motifs is 1. The monoisotopic (exact) mass is 379 g/mol. The number of hydrogen-bond donors (Lipinski definition) is 1. The highest BCUT2D eigenvalue weighted by Crippen LogP contribution is 2.36. The number of nitrogens with one attached hydrogen (secondary N) is 1. The van der Waals surface area contributed by atoms with Crippen LogP contribution in [0.25, 0.3) is 10.8 Å². The van der Waals surface area contributed by atoms with Gasteiger partial charge in [0.05, 0.1) is 11.3 Å². The van der Waals surface area contributed by atoms with Gasteiger partial charge in [-0.3, -0.25) is 4.79 Å². The minimum atomic E-state index is -4.63. The van der Waals surface area contributed by atoms with Crippen LogP contribution in [0, 0.1) is 0 Å². The number of anilines is 1. The highest BCUT2D eigenvalue weighted by atomic mass is 35.5. The van der Waals surface area contributed by atoms with Crippen molar-refractivity contribution in [1.82, 2.24) is 0 Å². The lowest BCUT2D eigenvalue weighted by molar-refractivity contribution is -0.137. The fraction of sp³-hybridized carbons (Fsp3) is 0.105. The van der Waals surface area contributed by atoms with Gasteiger partial charge in [-0.2, -0.15) is 13.2 Å². The highest BCUT2D eigenvalue weighted by molar-refractivity contribution is 6.30. The number of ether oxygens (including phenoxy) is 1. The Labute approximate surface area is 152 Å². The SMILES string of the molecule is O=C(COc1ccc2ccccc2c1)Nc1ccc(Cl)cc1C(F)(F)F. The van der Waals surface area contributed by atoms with Crippen LogP contribution < -0.4 is 10.1 Å². The maximum Gasteiger partial charge on any atom is 0.418 e. The van der Waals surface area contributed by atoms with Crippen LogP contribution in [0.1, 0.15) is 5.56 Å². The molecule has 1 amide bonds. The van der Waals surface area contributed by atoms with E-state index in [4.69, 9.17) is 16.3 Å². The second-order valence-electron chi connectivity index (χ2n) is 5.53. The molecule has 0 atom stereocenters. The van der Waals surface area contributed by atoms with Gasteiger partial charge in [0, 0.05) is 5.02 Å². The first-order valence-corrected chi connectivity index (χ1v) is 7.99. The Morgan fingerprint density at radius 2 is 1.73 bits per heavy atom. The molecule has 3 nitrogen and oxygen atoms in total. The molecule has 0 aromatic heterocycles. The average molecular weight is 380 g/mol. The van der Waals surface area contributed by atoms with Crippen LogP contribution in [0.4, 0.5) is 18.9 Å². The van der Waals surface area contributed by atoms with Crippen molar-refractivity contribution in [3.8, 4) is 5.75 Å². The highest BCUT2D eigenvalue weighted by Gasteiger charge is 2.34. The van der Waals surface area contributed by atoms with Crippen molar-refractivity contribution in [2.75, 3.05) is 11.9 Å². The summed E-state index contributed by atoms with van der Waals surface area (Å²) in [5, 5.41) is 4.09. The molecule has 3 aromatic carbocycles. The topological polar surface area (TPSA) is 38.3 Å². The predicted octanol–water partition coefficient (Wildman–Crippen LogP) is 5.53. The summed E-state index contributed by atoms with van der Waals surface area (Å²) < 4.78 is 44.5. The van der Waals surface area contributed by atoms with Crippen molar-refractivity contribution in [3.63, 3.8) is 0 Å². The molecule has 134 valence electrons. The molecule has 0 aliphatic heterocycles. The van der Waals surface area contributed by atoms with Gasteiger partial charge in [0.2, 0.25) is 0 Å². The van der Waals surface area contributed by atoms with E-state index in [9.17, 15) is 18.0 Å². The maximum atomic E-state index is 13.0. The Morgan fingerprint density at radius 1 is 1.00 bits per heavy atom. The Morgan fingerprint density at radius 3 is 2.46 bits per heavy atom. The number of amides is 1. The first-order valence-electron chi connectivity index (χ1n) is 7.61. The van der Waals surface area contributed by atoms with Gasteiger partial charge in [-0.05, 0) is 41.1 Å². The van der Waals surface area contributed by atoms with Crippen LogP contribution in [0.2, 0.25) is 5.02 Å². The van der Waals surface area contributed by atoms with Crippen LogP contribution in [0.5, 0.6) is 5.75 Å². The lowest BCUT2D eigenvalue weighted by Crippen LogP contribution is -2.22. The van der Waals surface area contributed by atoms with E-state index >= 15 is 0 Å². The summed E-state index contributed by atoms with van der Waals surface area (Å²) in [6.45, 7) is -0.418. The third-order valence-corrected chi connectivity index (χ3v) is 3.89. The summed E-state index contributed by atoms with van der Waals surface area (Å²) in [5.41, 5.74) is -1.38. The van der Waals surface area contributed by atoms with Gasteiger partial charge in [0.1, 0.15) is 5.75 Å². The van der Waals surface area contributed by atoms with Crippen LogP contribution in [0.3, 0.4) is 0 Å². The molecule has 7 heteroatoms. The zero-order valence-electron chi connectivity index (χ0n) is 13.3. The molecule has 0 aliphatic carbocycles. The molecular formula is C19H13ClF3NO2. The first-order chi connectivity index (χ1) is 12.3. The van der Waals surface area contributed by atoms with Crippen molar-refractivity contribution in [2.45, 2.75) is 6.18 Å². The third kappa shape index (κ3) is 4.26. The largest absolute Gasteiger partial charge is 0.484 e. The van der Waals surface area contributed by atoms with Crippen molar-refractivity contribution < 1.29 is 22.7 Å². The molecule has 0 radical (unpaired) electrons. The summed E-state index contributed by atoms with van der Waals surface area (Å²) in [4.78, 5) is 12.0. The number of hydrogen-bond acceptors (Lipinski definition) is 2. The van der Waals surface area contributed by atoms with Crippen LogP contribution in [-0.4, -0.2) is 12.5 Å². The predicted molar refractivity (Wildman–Crippen MR) is 94.5 cm³/mol. The molecule has 0 unspecified atom stereocenters. The van der Waals surface area contributed by atoms with Gasteiger partial charge < -0.3 is 10.1 Å². The van der Waals surface area contributed by atoms with Crippen molar-refractivity contribution in [2.24, 2.45) is 0 Å². The lowest BCUT2D eigenvalue weighted by atomic mass is 10.1. The molecule has 0 heterocycles. The molecule has 1 N–H and O–H groups in total. The standard InChI is InChI=1S/C19H13ClF3NO2/c20-14-6-8-17(16(10-14)19(21,22)23)24-18(25)11-26-15-7-5-12-3-1-2-4-13(12)9-15/h1-10H,11H2,(H,24,25). The molecule has 3 aromatic rings. The number of carbonyl (C=O) groups excluding carboxylic acids is 1. The Balaban J connectivity index is 1.69.